The summed E-state index contributed by atoms with van der Waals surface area (Å²) in [5.74, 6) is -0.371. The average molecular weight is 283 g/mol. The zero-order valence-electron chi connectivity index (χ0n) is 11.3. The number of para-hydroxylation sites is 1. The maximum Gasteiger partial charge on any atom is 0.323 e. The van der Waals surface area contributed by atoms with Gasteiger partial charge in [0.25, 0.3) is 0 Å². The second-order valence-corrected chi connectivity index (χ2v) is 4.58. The van der Waals surface area contributed by atoms with E-state index in [1.807, 2.05) is 30.3 Å². The number of carboxylic acid groups (broad SMARTS) is 1. The molecule has 0 radical (unpaired) electrons. The molecule has 1 N–H and O–H groups in total. The maximum absolute atomic E-state index is 10.8. The lowest BCUT2D eigenvalue weighted by Gasteiger charge is -2.15. The Morgan fingerprint density at radius 2 is 2.05 bits per heavy atom. The van der Waals surface area contributed by atoms with Crippen molar-refractivity contribution in [3.8, 4) is 5.69 Å². The fraction of sp³-hybridized carbons (Fsp3) is 0.143. The molecule has 1 aromatic carbocycles. The molecular formula is C14H13N5O2. The molecule has 0 spiro atoms. The van der Waals surface area contributed by atoms with E-state index in [1.165, 1.54) is 6.33 Å². The monoisotopic (exact) mass is 283 g/mol. The number of aliphatic carboxylic acids is 1. The largest absolute Gasteiger partial charge is 0.480 e. The molecule has 7 heteroatoms. The highest BCUT2D eigenvalue weighted by molar-refractivity contribution is 5.89. The van der Waals surface area contributed by atoms with Gasteiger partial charge in [-0.15, -0.1) is 0 Å². The second-order valence-electron chi connectivity index (χ2n) is 4.58. The van der Waals surface area contributed by atoms with Gasteiger partial charge in [-0.25, -0.2) is 14.6 Å². The lowest BCUT2D eigenvalue weighted by atomic mass is 10.3. The number of hydrogen-bond acceptors (Lipinski definition) is 5. The van der Waals surface area contributed by atoms with Gasteiger partial charge in [0.1, 0.15) is 18.7 Å². The molecule has 0 fully saturated rings. The van der Waals surface area contributed by atoms with Crippen LogP contribution in [0.25, 0.3) is 16.7 Å². The van der Waals surface area contributed by atoms with Crippen LogP contribution in [0.3, 0.4) is 0 Å². The van der Waals surface area contributed by atoms with Crippen LogP contribution in [0.2, 0.25) is 0 Å². The van der Waals surface area contributed by atoms with E-state index >= 15 is 0 Å². The summed E-state index contributed by atoms with van der Waals surface area (Å²) < 4.78 is 1.70. The van der Waals surface area contributed by atoms with Gasteiger partial charge in [-0.3, -0.25) is 4.79 Å². The first-order valence-corrected chi connectivity index (χ1v) is 6.34. The van der Waals surface area contributed by atoms with Crippen LogP contribution in [0.5, 0.6) is 0 Å². The van der Waals surface area contributed by atoms with Crippen LogP contribution < -0.4 is 4.90 Å². The van der Waals surface area contributed by atoms with Gasteiger partial charge in [0.15, 0.2) is 5.65 Å². The molecule has 0 atom stereocenters. The summed E-state index contributed by atoms with van der Waals surface area (Å²) in [5, 5.41) is 13.9. The van der Waals surface area contributed by atoms with Crippen LogP contribution in [-0.2, 0) is 4.79 Å². The topological polar surface area (TPSA) is 84.1 Å². The Kier molecular flexibility index (Phi) is 3.23. The third-order valence-corrected chi connectivity index (χ3v) is 3.08. The SMILES string of the molecule is CN(CC(=O)O)c1ncnc2c1cnn2-c1ccccc1. The highest BCUT2D eigenvalue weighted by Gasteiger charge is 2.15. The van der Waals surface area contributed by atoms with Crippen molar-refractivity contribution in [3.63, 3.8) is 0 Å². The van der Waals surface area contributed by atoms with E-state index in [1.54, 1.807) is 22.8 Å². The maximum atomic E-state index is 10.8. The standard InChI is InChI=1S/C14H13N5O2/c1-18(8-12(20)21)13-11-7-17-19(14(11)16-9-15-13)10-5-3-2-4-6-10/h2-7,9H,8H2,1H3,(H,20,21). The van der Waals surface area contributed by atoms with Gasteiger partial charge in [0.05, 0.1) is 17.3 Å². The Labute approximate surface area is 120 Å². The summed E-state index contributed by atoms with van der Waals surface area (Å²) in [5.41, 5.74) is 1.53. The minimum absolute atomic E-state index is 0.136. The number of fused-ring (bicyclic) bond motifs is 1. The van der Waals surface area contributed by atoms with Crippen LogP contribution in [0.4, 0.5) is 5.82 Å². The Bertz CT molecular complexity index is 784. The zero-order valence-corrected chi connectivity index (χ0v) is 11.3. The van der Waals surface area contributed by atoms with Gasteiger partial charge < -0.3 is 10.0 Å². The summed E-state index contributed by atoms with van der Waals surface area (Å²) in [7, 11) is 1.68. The molecule has 0 amide bonds. The lowest BCUT2D eigenvalue weighted by molar-refractivity contribution is -0.135. The molecule has 0 aliphatic heterocycles. The molecule has 2 heterocycles. The average Bonchev–Trinajstić information content (AvgIpc) is 2.91. The van der Waals surface area contributed by atoms with E-state index in [0.29, 0.717) is 16.9 Å². The molecule has 3 rings (SSSR count). The molecule has 0 saturated carbocycles. The number of carboxylic acids is 1. The molecule has 7 nitrogen and oxygen atoms in total. The molecule has 0 saturated heterocycles. The smallest absolute Gasteiger partial charge is 0.323 e. The van der Waals surface area contributed by atoms with E-state index in [0.717, 1.165) is 5.69 Å². The first-order valence-electron chi connectivity index (χ1n) is 6.34. The van der Waals surface area contributed by atoms with Gasteiger partial charge >= 0.3 is 5.97 Å². The quantitative estimate of drug-likeness (QED) is 0.777. The Balaban J connectivity index is 2.10. The van der Waals surface area contributed by atoms with Crippen LogP contribution in [-0.4, -0.2) is 44.4 Å². The highest BCUT2D eigenvalue weighted by atomic mass is 16.4. The summed E-state index contributed by atoms with van der Waals surface area (Å²) in [6.07, 6.45) is 3.06. The lowest BCUT2D eigenvalue weighted by Crippen LogP contribution is -2.26. The van der Waals surface area contributed by atoms with E-state index in [4.69, 9.17) is 5.11 Å². The predicted molar refractivity (Wildman–Crippen MR) is 77.6 cm³/mol. The van der Waals surface area contributed by atoms with Crippen LogP contribution >= 0.6 is 0 Å². The van der Waals surface area contributed by atoms with Gasteiger partial charge in [-0.1, -0.05) is 18.2 Å². The number of likely N-dealkylation sites (N-methyl/N-ethyl adjacent to an activating group) is 1. The van der Waals surface area contributed by atoms with Crippen LogP contribution in [0.1, 0.15) is 0 Å². The van der Waals surface area contributed by atoms with Crippen molar-refractivity contribution < 1.29 is 9.90 Å². The minimum atomic E-state index is -0.917. The Morgan fingerprint density at radius 1 is 1.29 bits per heavy atom. The van der Waals surface area contributed by atoms with E-state index < -0.39 is 5.97 Å². The first kappa shape index (κ1) is 13.0. The molecule has 3 aromatic rings. The summed E-state index contributed by atoms with van der Waals surface area (Å²) in [6, 6.07) is 9.61. The molecule has 0 bridgehead atoms. The van der Waals surface area contributed by atoms with Crippen molar-refractivity contribution in [3.05, 3.63) is 42.9 Å². The second kappa shape index (κ2) is 5.20. The molecular weight excluding hydrogens is 270 g/mol. The number of aromatic nitrogens is 4. The van der Waals surface area contributed by atoms with Crippen LogP contribution in [0, 0.1) is 0 Å². The number of rotatable bonds is 4. The molecule has 0 aliphatic rings. The van der Waals surface area contributed by atoms with Crippen molar-refractivity contribution in [2.24, 2.45) is 0 Å². The third-order valence-electron chi connectivity index (χ3n) is 3.08. The van der Waals surface area contributed by atoms with Gasteiger partial charge in [-0.05, 0) is 12.1 Å². The Morgan fingerprint density at radius 3 is 2.76 bits per heavy atom. The summed E-state index contributed by atoms with van der Waals surface area (Å²) in [6.45, 7) is -0.136. The van der Waals surface area contributed by atoms with E-state index in [9.17, 15) is 4.79 Å². The number of benzene rings is 1. The normalized spacial score (nSPS) is 10.7. The number of hydrogen-bond donors (Lipinski definition) is 1. The predicted octanol–water partition coefficient (Wildman–Crippen LogP) is 1.34. The fourth-order valence-electron chi connectivity index (χ4n) is 2.17. The number of carbonyl (C=O) groups is 1. The van der Waals surface area contributed by atoms with Gasteiger partial charge in [-0.2, -0.15) is 5.10 Å². The molecule has 2 aromatic heterocycles. The number of anilines is 1. The van der Waals surface area contributed by atoms with Crippen molar-refractivity contribution in [1.82, 2.24) is 19.7 Å². The molecule has 0 aliphatic carbocycles. The molecule has 106 valence electrons. The van der Waals surface area contributed by atoms with E-state index in [-0.39, 0.29) is 6.54 Å². The summed E-state index contributed by atoms with van der Waals surface area (Å²) in [4.78, 5) is 20.8. The minimum Gasteiger partial charge on any atom is -0.480 e. The van der Waals surface area contributed by atoms with E-state index in [2.05, 4.69) is 15.1 Å². The number of nitrogens with zero attached hydrogens (tertiary/aromatic N) is 5. The van der Waals surface area contributed by atoms with Crippen LogP contribution in [0.15, 0.2) is 42.9 Å². The highest BCUT2D eigenvalue weighted by Crippen LogP contribution is 2.23. The van der Waals surface area contributed by atoms with Crippen molar-refractivity contribution >= 4 is 22.8 Å². The van der Waals surface area contributed by atoms with Gasteiger partial charge in [0.2, 0.25) is 0 Å². The van der Waals surface area contributed by atoms with Crippen molar-refractivity contribution in [1.29, 1.82) is 0 Å². The molecule has 0 unspecified atom stereocenters. The van der Waals surface area contributed by atoms with Gasteiger partial charge in [0, 0.05) is 7.05 Å². The summed E-state index contributed by atoms with van der Waals surface area (Å²) >= 11 is 0. The first-order chi connectivity index (χ1) is 10.2. The van der Waals surface area contributed by atoms with Crippen molar-refractivity contribution in [2.45, 2.75) is 0 Å². The molecule has 21 heavy (non-hydrogen) atoms. The Hall–Kier alpha value is -2.96. The van der Waals surface area contributed by atoms with Crippen molar-refractivity contribution in [2.75, 3.05) is 18.5 Å². The third kappa shape index (κ3) is 2.40. The zero-order chi connectivity index (χ0) is 14.8. The fourth-order valence-corrected chi connectivity index (χ4v) is 2.17.